The summed E-state index contributed by atoms with van der Waals surface area (Å²) in [6, 6.07) is 11.8. The zero-order valence-electron chi connectivity index (χ0n) is 11.6. The van der Waals surface area contributed by atoms with E-state index in [0.717, 1.165) is 6.08 Å². The number of nitrogens with one attached hydrogen (secondary N) is 1. The highest BCUT2D eigenvalue weighted by Crippen LogP contribution is 2.30. The van der Waals surface area contributed by atoms with Gasteiger partial charge in [-0.1, -0.05) is 36.9 Å². The van der Waals surface area contributed by atoms with Crippen molar-refractivity contribution in [2.45, 2.75) is 6.92 Å². The smallest absolute Gasteiger partial charge is 0.247 e. The first-order valence-electron chi connectivity index (χ1n) is 6.40. The van der Waals surface area contributed by atoms with Crippen LogP contribution in [0.2, 0.25) is 0 Å². The van der Waals surface area contributed by atoms with Gasteiger partial charge in [0.05, 0.1) is 5.69 Å². The number of ketones is 1. The van der Waals surface area contributed by atoms with Crippen LogP contribution >= 0.6 is 0 Å². The summed E-state index contributed by atoms with van der Waals surface area (Å²) in [4.78, 5) is 23.9. The van der Waals surface area contributed by atoms with Crippen LogP contribution < -0.4 is 5.32 Å². The molecule has 0 unspecified atom stereocenters. The summed E-state index contributed by atoms with van der Waals surface area (Å²) in [6.07, 6.45) is 1.10. The minimum Gasteiger partial charge on any atom is -0.506 e. The zero-order chi connectivity index (χ0) is 15.4. The molecule has 2 N–H and O–H groups in total. The first kappa shape index (κ1) is 14.5. The first-order valence-corrected chi connectivity index (χ1v) is 6.40. The van der Waals surface area contributed by atoms with E-state index in [1.165, 1.54) is 6.07 Å². The highest BCUT2D eigenvalue weighted by Gasteiger charge is 2.17. The third-order valence-electron chi connectivity index (χ3n) is 3.16. The van der Waals surface area contributed by atoms with Crippen LogP contribution in [0.15, 0.2) is 55.1 Å². The van der Waals surface area contributed by atoms with Crippen LogP contribution in [0.5, 0.6) is 5.75 Å². The van der Waals surface area contributed by atoms with Gasteiger partial charge < -0.3 is 10.4 Å². The molecule has 0 atom stereocenters. The summed E-state index contributed by atoms with van der Waals surface area (Å²) in [7, 11) is 0. The third kappa shape index (κ3) is 3.00. The van der Waals surface area contributed by atoms with Gasteiger partial charge in [0.15, 0.2) is 5.78 Å². The van der Waals surface area contributed by atoms with Crippen molar-refractivity contribution in [1.29, 1.82) is 0 Å². The maximum absolute atomic E-state index is 12.5. The Morgan fingerprint density at radius 2 is 1.81 bits per heavy atom. The monoisotopic (exact) mass is 281 g/mol. The van der Waals surface area contributed by atoms with E-state index in [9.17, 15) is 14.7 Å². The van der Waals surface area contributed by atoms with E-state index in [1.807, 2.05) is 6.07 Å². The van der Waals surface area contributed by atoms with E-state index in [2.05, 4.69) is 11.9 Å². The lowest BCUT2D eigenvalue weighted by molar-refractivity contribution is -0.111. The van der Waals surface area contributed by atoms with Crippen LogP contribution in [0.1, 0.15) is 21.5 Å². The van der Waals surface area contributed by atoms with Crippen molar-refractivity contribution in [2.75, 3.05) is 5.32 Å². The average Bonchev–Trinajstić information content (AvgIpc) is 2.51. The molecule has 0 aliphatic heterocycles. The molecule has 0 heterocycles. The Kier molecular flexibility index (Phi) is 4.18. The molecule has 2 rings (SSSR count). The molecule has 21 heavy (non-hydrogen) atoms. The Morgan fingerprint density at radius 3 is 2.43 bits per heavy atom. The number of phenolic OH excluding ortho intramolecular Hbond substituents is 1. The summed E-state index contributed by atoms with van der Waals surface area (Å²) in [5.74, 6) is -0.702. The largest absolute Gasteiger partial charge is 0.506 e. The molecule has 0 aliphatic carbocycles. The van der Waals surface area contributed by atoms with Gasteiger partial charge in [0, 0.05) is 11.1 Å². The third-order valence-corrected chi connectivity index (χ3v) is 3.16. The van der Waals surface area contributed by atoms with Gasteiger partial charge in [-0.3, -0.25) is 9.59 Å². The Balaban J connectivity index is 2.46. The molecule has 0 aliphatic rings. The van der Waals surface area contributed by atoms with Crippen molar-refractivity contribution in [2.24, 2.45) is 0 Å². The SMILES string of the molecule is C=CC(=O)Nc1c(O)ccc(C(=O)c2ccccc2)c1C. The van der Waals surface area contributed by atoms with Crippen molar-refractivity contribution >= 4 is 17.4 Å². The fourth-order valence-electron chi connectivity index (χ4n) is 2.02. The quantitative estimate of drug-likeness (QED) is 0.514. The van der Waals surface area contributed by atoms with E-state index in [1.54, 1.807) is 37.3 Å². The van der Waals surface area contributed by atoms with Gasteiger partial charge in [-0.05, 0) is 30.7 Å². The topological polar surface area (TPSA) is 66.4 Å². The average molecular weight is 281 g/mol. The van der Waals surface area contributed by atoms with Gasteiger partial charge in [0.1, 0.15) is 5.75 Å². The molecule has 0 saturated heterocycles. The van der Waals surface area contributed by atoms with Crippen LogP contribution in [0.25, 0.3) is 0 Å². The van der Waals surface area contributed by atoms with E-state index in [-0.39, 0.29) is 17.2 Å². The molecule has 1 amide bonds. The van der Waals surface area contributed by atoms with E-state index in [4.69, 9.17) is 0 Å². The molecule has 106 valence electrons. The molecule has 0 spiro atoms. The fourth-order valence-corrected chi connectivity index (χ4v) is 2.02. The molecule has 0 bridgehead atoms. The Labute approximate surface area is 122 Å². The molecular weight excluding hydrogens is 266 g/mol. The second-order valence-corrected chi connectivity index (χ2v) is 4.52. The molecular formula is C17H15NO3. The minimum atomic E-state index is -0.447. The van der Waals surface area contributed by atoms with Crippen molar-refractivity contribution in [3.8, 4) is 5.75 Å². The van der Waals surface area contributed by atoms with Gasteiger partial charge in [-0.25, -0.2) is 0 Å². The molecule has 2 aromatic carbocycles. The van der Waals surface area contributed by atoms with Crippen molar-refractivity contribution < 1.29 is 14.7 Å². The molecule has 0 aromatic heterocycles. The summed E-state index contributed by atoms with van der Waals surface area (Å²) >= 11 is 0. The van der Waals surface area contributed by atoms with E-state index < -0.39 is 5.91 Å². The number of carbonyl (C=O) groups excluding carboxylic acids is 2. The molecule has 2 aromatic rings. The number of benzene rings is 2. The van der Waals surface area contributed by atoms with Gasteiger partial charge >= 0.3 is 0 Å². The standard InChI is InChI=1S/C17H15NO3/c1-3-15(20)18-16-11(2)13(9-10-14(16)19)17(21)12-7-5-4-6-8-12/h3-10,19H,1H2,2H3,(H,18,20). The zero-order valence-corrected chi connectivity index (χ0v) is 11.6. The van der Waals surface area contributed by atoms with Crippen LogP contribution in [0, 0.1) is 6.92 Å². The number of amides is 1. The predicted octanol–water partition coefficient (Wildman–Crippen LogP) is 3.06. The second-order valence-electron chi connectivity index (χ2n) is 4.52. The molecule has 0 saturated carbocycles. The molecule has 4 heteroatoms. The summed E-state index contributed by atoms with van der Waals surface area (Å²) in [5.41, 5.74) is 1.71. The van der Waals surface area contributed by atoms with Crippen LogP contribution in [0.3, 0.4) is 0 Å². The Morgan fingerprint density at radius 1 is 1.14 bits per heavy atom. The molecule has 4 nitrogen and oxygen atoms in total. The predicted molar refractivity (Wildman–Crippen MR) is 81.5 cm³/mol. The normalized spacial score (nSPS) is 9.95. The summed E-state index contributed by atoms with van der Waals surface area (Å²) < 4.78 is 0. The van der Waals surface area contributed by atoms with Crippen molar-refractivity contribution in [1.82, 2.24) is 0 Å². The number of rotatable bonds is 4. The van der Waals surface area contributed by atoms with Crippen molar-refractivity contribution in [3.63, 3.8) is 0 Å². The highest BCUT2D eigenvalue weighted by molar-refractivity contribution is 6.11. The number of phenols is 1. The maximum atomic E-state index is 12.5. The number of hydrogen-bond acceptors (Lipinski definition) is 3. The number of aromatic hydroxyl groups is 1. The Hall–Kier alpha value is -2.88. The minimum absolute atomic E-state index is 0.0905. The highest BCUT2D eigenvalue weighted by atomic mass is 16.3. The lowest BCUT2D eigenvalue weighted by atomic mass is 9.97. The lowest BCUT2D eigenvalue weighted by Gasteiger charge is -2.13. The molecule has 0 radical (unpaired) electrons. The number of carbonyl (C=O) groups is 2. The number of hydrogen-bond donors (Lipinski definition) is 2. The van der Waals surface area contributed by atoms with Crippen LogP contribution in [-0.2, 0) is 4.79 Å². The molecule has 0 fully saturated rings. The van der Waals surface area contributed by atoms with Gasteiger partial charge in [0.25, 0.3) is 0 Å². The van der Waals surface area contributed by atoms with Crippen LogP contribution in [0.4, 0.5) is 5.69 Å². The first-order chi connectivity index (χ1) is 10.0. The summed E-state index contributed by atoms with van der Waals surface area (Å²) in [6.45, 7) is 5.04. The second kappa shape index (κ2) is 6.05. The lowest BCUT2D eigenvalue weighted by Crippen LogP contribution is -2.11. The van der Waals surface area contributed by atoms with Gasteiger partial charge in [0.2, 0.25) is 5.91 Å². The van der Waals surface area contributed by atoms with Gasteiger partial charge in [-0.15, -0.1) is 0 Å². The van der Waals surface area contributed by atoms with Crippen molar-refractivity contribution in [3.05, 3.63) is 71.8 Å². The Bertz CT molecular complexity index is 705. The van der Waals surface area contributed by atoms with Crippen LogP contribution in [-0.4, -0.2) is 16.8 Å². The van der Waals surface area contributed by atoms with Gasteiger partial charge in [-0.2, -0.15) is 0 Å². The summed E-state index contributed by atoms with van der Waals surface area (Å²) in [5, 5.41) is 12.4. The fraction of sp³-hybridized carbons (Fsp3) is 0.0588. The number of anilines is 1. The van der Waals surface area contributed by atoms with E-state index in [0.29, 0.717) is 16.7 Å². The maximum Gasteiger partial charge on any atom is 0.247 e. The van der Waals surface area contributed by atoms with E-state index >= 15 is 0 Å².